The molecule has 3 rings (SSSR count). The smallest absolute Gasteiger partial charge is 0.291 e. The van der Waals surface area contributed by atoms with Crippen LogP contribution in [0.1, 0.15) is 5.56 Å². The van der Waals surface area contributed by atoms with Crippen molar-refractivity contribution >= 4 is 51.2 Å². The first-order chi connectivity index (χ1) is 10.6. The average Bonchev–Trinajstić information content (AvgIpc) is 2.78. The van der Waals surface area contributed by atoms with E-state index in [2.05, 4.69) is 27.9 Å². The van der Waals surface area contributed by atoms with E-state index in [4.69, 9.17) is 0 Å². The number of rotatable bonds is 4. The summed E-state index contributed by atoms with van der Waals surface area (Å²) in [7, 11) is 0. The summed E-state index contributed by atoms with van der Waals surface area (Å²) in [5.41, 5.74) is 1.78. The minimum atomic E-state index is -0.559. The Balaban J connectivity index is 1.70. The molecule has 1 saturated heterocycles. The summed E-state index contributed by atoms with van der Waals surface area (Å²) >= 11 is 3.25. The first-order valence-electron chi connectivity index (χ1n) is 6.71. The Morgan fingerprint density at radius 1 is 1.05 bits per heavy atom. The summed E-state index contributed by atoms with van der Waals surface area (Å²) in [6.45, 7) is 0.316. The third kappa shape index (κ3) is 3.44. The molecule has 112 valence electrons. The van der Waals surface area contributed by atoms with Crippen LogP contribution in [0.3, 0.4) is 0 Å². The normalized spacial score (nSPS) is 17.9. The van der Waals surface area contributed by atoms with Gasteiger partial charge in [-0.25, -0.2) is 0 Å². The van der Waals surface area contributed by atoms with Crippen molar-refractivity contribution in [3.8, 4) is 0 Å². The maximum atomic E-state index is 12.4. The fourth-order valence-electron chi connectivity index (χ4n) is 2.14. The van der Waals surface area contributed by atoms with Gasteiger partial charge in [0.15, 0.2) is 5.37 Å². The Bertz CT molecular complexity index is 691. The Labute approximate surface area is 146 Å². The molecular weight excluding hydrogens is 411 g/mol. The topological polar surface area (TPSA) is 49.4 Å². The summed E-state index contributed by atoms with van der Waals surface area (Å²) in [5, 5.41) is 2.34. The van der Waals surface area contributed by atoms with Gasteiger partial charge in [0.1, 0.15) is 0 Å². The molecule has 1 N–H and O–H groups in total. The van der Waals surface area contributed by atoms with Crippen LogP contribution < -0.4 is 5.32 Å². The number of hydrogen-bond acceptors (Lipinski definition) is 4. The fourth-order valence-corrected chi connectivity index (χ4v) is 3.41. The molecule has 0 spiro atoms. The van der Waals surface area contributed by atoms with Crippen molar-refractivity contribution in [2.45, 2.75) is 11.9 Å². The number of carbonyl (C=O) groups is 2. The number of benzene rings is 2. The van der Waals surface area contributed by atoms with Gasteiger partial charge >= 0.3 is 0 Å². The van der Waals surface area contributed by atoms with Gasteiger partial charge in [0.25, 0.3) is 11.1 Å². The number of carbonyl (C=O) groups excluding carboxylic acids is 2. The molecule has 0 aromatic heterocycles. The molecule has 2 amide bonds. The molecule has 0 bridgehead atoms. The van der Waals surface area contributed by atoms with Gasteiger partial charge < -0.3 is 5.32 Å². The molecule has 1 heterocycles. The maximum absolute atomic E-state index is 12.4. The van der Waals surface area contributed by atoms with E-state index in [1.807, 2.05) is 54.6 Å². The first kappa shape index (κ1) is 15.4. The zero-order valence-corrected chi connectivity index (χ0v) is 14.5. The number of nitrogens with one attached hydrogen (secondary N) is 1. The van der Waals surface area contributed by atoms with E-state index in [0.29, 0.717) is 6.54 Å². The summed E-state index contributed by atoms with van der Waals surface area (Å²) in [6, 6.07) is 17.2. The molecule has 1 aliphatic heterocycles. The van der Waals surface area contributed by atoms with Crippen LogP contribution >= 0.6 is 34.4 Å². The van der Waals surface area contributed by atoms with Gasteiger partial charge in [-0.3, -0.25) is 14.5 Å². The van der Waals surface area contributed by atoms with E-state index < -0.39 is 5.37 Å². The van der Waals surface area contributed by atoms with Crippen molar-refractivity contribution < 1.29 is 9.59 Å². The number of hydrogen-bond donors (Lipinski definition) is 1. The van der Waals surface area contributed by atoms with Crippen molar-refractivity contribution in [1.82, 2.24) is 4.90 Å². The predicted molar refractivity (Wildman–Crippen MR) is 96.5 cm³/mol. The lowest BCUT2D eigenvalue weighted by molar-refractivity contribution is -0.126. The van der Waals surface area contributed by atoms with Crippen LogP contribution in [0.15, 0.2) is 54.6 Å². The van der Waals surface area contributed by atoms with Crippen molar-refractivity contribution in [3.05, 3.63) is 63.7 Å². The second-order valence-corrected chi connectivity index (χ2v) is 7.13. The molecule has 1 aliphatic rings. The van der Waals surface area contributed by atoms with Crippen LogP contribution in [0.4, 0.5) is 10.5 Å². The van der Waals surface area contributed by atoms with E-state index in [1.165, 1.54) is 4.90 Å². The monoisotopic (exact) mass is 424 g/mol. The molecule has 1 fully saturated rings. The van der Waals surface area contributed by atoms with Crippen LogP contribution in [0.2, 0.25) is 0 Å². The van der Waals surface area contributed by atoms with Crippen molar-refractivity contribution in [3.63, 3.8) is 0 Å². The lowest BCUT2D eigenvalue weighted by Gasteiger charge is -2.15. The minimum Gasteiger partial charge on any atom is -0.365 e. The number of imide groups is 1. The lowest BCUT2D eigenvalue weighted by atomic mass is 10.2. The van der Waals surface area contributed by atoms with Gasteiger partial charge in [-0.15, -0.1) is 0 Å². The van der Waals surface area contributed by atoms with E-state index in [9.17, 15) is 9.59 Å². The van der Waals surface area contributed by atoms with Gasteiger partial charge in [0.2, 0.25) is 0 Å². The molecule has 1 atom stereocenters. The minimum absolute atomic E-state index is 0.197. The SMILES string of the molecule is O=C1SC(Nc2ccc(I)cc2)C(=O)N1Cc1ccccc1. The number of anilines is 1. The molecule has 6 heteroatoms. The van der Waals surface area contributed by atoms with Crippen molar-refractivity contribution in [1.29, 1.82) is 0 Å². The molecule has 0 aliphatic carbocycles. The molecule has 0 saturated carbocycles. The summed E-state index contributed by atoms with van der Waals surface area (Å²) < 4.78 is 1.12. The predicted octanol–water partition coefficient (Wildman–Crippen LogP) is 3.92. The number of amides is 2. The molecule has 2 aromatic carbocycles. The van der Waals surface area contributed by atoms with Gasteiger partial charge in [-0.1, -0.05) is 30.3 Å². The average molecular weight is 424 g/mol. The second-order valence-electron chi connectivity index (χ2n) is 4.83. The Hall–Kier alpha value is -1.54. The van der Waals surface area contributed by atoms with E-state index in [-0.39, 0.29) is 11.1 Å². The summed E-state index contributed by atoms with van der Waals surface area (Å²) in [4.78, 5) is 25.8. The van der Waals surface area contributed by atoms with Gasteiger partial charge in [-0.2, -0.15) is 0 Å². The number of halogens is 1. The summed E-state index contributed by atoms with van der Waals surface area (Å²) in [5.74, 6) is -0.197. The van der Waals surface area contributed by atoms with Crippen LogP contribution in [0.5, 0.6) is 0 Å². The zero-order chi connectivity index (χ0) is 15.5. The summed E-state index contributed by atoms with van der Waals surface area (Å²) in [6.07, 6.45) is 0. The first-order valence-corrected chi connectivity index (χ1v) is 8.67. The Kier molecular flexibility index (Phi) is 4.68. The number of thioether (sulfide) groups is 1. The number of nitrogens with zero attached hydrogens (tertiary/aromatic N) is 1. The van der Waals surface area contributed by atoms with E-state index in [1.54, 1.807) is 0 Å². The van der Waals surface area contributed by atoms with Crippen molar-refractivity contribution in [2.24, 2.45) is 0 Å². The zero-order valence-electron chi connectivity index (χ0n) is 11.5. The van der Waals surface area contributed by atoms with E-state index in [0.717, 1.165) is 26.6 Å². The van der Waals surface area contributed by atoms with Crippen LogP contribution in [-0.2, 0) is 11.3 Å². The van der Waals surface area contributed by atoms with Crippen molar-refractivity contribution in [2.75, 3.05) is 5.32 Å². The fraction of sp³-hybridized carbons (Fsp3) is 0.125. The quantitative estimate of drug-likeness (QED) is 0.756. The maximum Gasteiger partial charge on any atom is 0.291 e. The highest BCUT2D eigenvalue weighted by Crippen LogP contribution is 2.29. The highest BCUT2D eigenvalue weighted by Gasteiger charge is 2.39. The Morgan fingerprint density at radius 2 is 1.73 bits per heavy atom. The highest BCUT2D eigenvalue weighted by molar-refractivity contribution is 14.1. The molecular formula is C16H13IN2O2S. The van der Waals surface area contributed by atoms with Gasteiger partial charge in [-0.05, 0) is 64.2 Å². The third-order valence-electron chi connectivity index (χ3n) is 3.25. The standard InChI is InChI=1S/C16H13IN2O2S/c17-12-6-8-13(9-7-12)18-14-15(20)19(16(21)22-14)10-11-4-2-1-3-5-11/h1-9,14,18H,10H2. The van der Waals surface area contributed by atoms with Gasteiger partial charge in [0.05, 0.1) is 6.54 Å². The molecule has 2 aromatic rings. The van der Waals surface area contributed by atoms with E-state index >= 15 is 0 Å². The molecule has 1 unspecified atom stereocenters. The van der Waals surface area contributed by atoms with Crippen LogP contribution in [0, 0.1) is 3.57 Å². The third-order valence-corrected chi connectivity index (χ3v) is 4.95. The second kappa shape index (κ2) is 6.70. The lowest BCUT2D eigenvalue weighted by Crippen LogP contribution is -2.33. The highest BCUT2D eigenvalue weighted by atomic mass is 127. The molecule has 22 heavy (non-hydrogen) atoms. The molecule has 0 radical (unpaired) electrons. The largest absolute Gasteiger partial charge is 0.365 e. The Morgan fingerprint density at radius 3 is 2.41 bits per heavy atom. The van der Waals surface area contributed by atoms with Crippen LogP contribution in [0.25, 0.3) is 0 Å². The van der Waals surface area contributed by atoms with Crippen LogP contribution in [-0.4, -0.2) is 21.4 Å². The van der Waals surface area contributed by atoms with Gasteiger partial charge in [0, 0.05) is 9.26 Å². The molecule has 4 nitrogen and oxygen atoms in total.